The van der Waals surface area contributed by atoms with Crippen LogP contribution in [0.3, 0.4) is 0 Å². The second-order valence-corrected chi connectivity index (χ2v) is 3.98. The molecular formula is C17H20N2O. The number of allylic oxidation sites excluding steroid dienone is 4. The summed E-state index contributed by atoms with van der Waals surface area (Å²) in [7, 11) is 0. The predicted molar refractivity (Wildman–Crippen MR) is 85.1 cm³/mol. The van der Waals surface area contributed by atoms with Crippen molar-refractivity contribution in [2.75, 3.05) is 0 Å². The number of hydrogen-bond acceptors (Lipinski definition) is 3. The largest absolute Gasteiger partial charge is 0.473 e. The number of aliphatic imine (C=N–C) groups is 1. The van der Waals surface area contributed by atoms with Crippen LogP contribution in [0.5, 0.6) is 0 Å². The SMILES string of the molecule is C=C\C=C/C(=C\C)C(/N=C)=C(\N)OCc1ccccc1. The quantitative estimate of drug-likeness (QED) is 0.465. The molecule has 1 aromatic carbocycles. The zero-order valence-electron chi connectivity index (χ0n) is 11.8. The van der Waals surface area contributed by atoms with Crippen LogP contribution in [-0.2, 0) is 11.3 Å². The minimum absolute atomic E-state index is 0.255. The highest BCUT2D eigenvalue weighted by Gasteiger charge is 2.06. The molecule has 2 N–H and O–H groups in total. The molecule has 0 aliphatic carbocycles. The minimum atomic E-state index is 0.255. The van der Waals surface area contributed by atoms with E-state index in [0.29, 0.717) is 12.3 Å². The average Bonchev–Trinajstić information content (AvgIpc) is 2.50. The van der Waals surface area contributed by atoms with Crippen molar-refractivity contribution in [3.8, 4) is 0 Å². The molecule has 0 amide bonds. The minimum Gasteiger partial charge on any atom is -0.473 e. The Balaban J connectivity index is 2.86. The van der Waals surface area contributed by atoms with Crippen molar-refractivity contribution in [3.63, 3.8) is 0 Å². The van der Waals surface area contributed by atoms with Gasteiger partial charge in [-0.2, -0.15) is 0 Å². The van der Waals surface area contributed by atoms with Gasteiger partial charge >= 0.3 is 0 Å². The Hall–Kier alpha value is -2.55. The topological polar surface area (TPSA) is 47.6 Å². The maximum Gasteiger partial charge on any atom is 0.211 e. The molecule has 0 saturated carbocycles. The van der Waals surface area contributed by atoms with E-state index in [9.17, 15) is 0 Å². The van der Waals surface area contributed by atoms with Crippen LogP contribution >= 0.6 is 0 Å². The van der Waals surface area contributed by atoms with Crippen molar-refractivity contribution in [1.29, 1.82) is 0 Å². The zero-order chi connectivity index (χ0) is 14.8. The summed E-state index contributed by atoms with van der Waals surface area (Å²) in [5, 5.41) is 0. The maximum atomic E-state index is 5.95. The average molecular weight is 268 g/mol. The summed E-state index contributed by atoms with van der Waals surface area (Å²) in [5.41, 5.74) is 8.36. The first-order valence-electron chi connectivity index (χ1n) is 6.32. The fraction of sp³-hybridized carbons (Fsp3) is 0.118. The van der Waals surface area contributed by atoms with Gasteiger partial charge < -0.3 is 10.5 Å². The molecular weight excluding hydrogens is 248 g/mol. The lowest BCUT2D eigenvalue weighted by atomic mass is 10.1. The van der Waals surface area contributed by atoms with Crippen LogP contribution in [0.1, 0.15) is 12.5 Å². The van der Waals surface area contributed by atoms with Crippen LogP contribution < -0.4 is 5.73 Å². The summed E-state index contributed by atoms with van der Waals surface area (Å²) >= 11 is 0. The zero-order valence-corrected chi connectivity index (χ0v) is 11.8. The normalized spacial score (nSPS) is 12.9. The molecule has 20 heavy (non-hydrogen) atoms. The first-order chi connectivity index (χ1) is 9.72. The molecule has 0 radical (unpaired) electrons. The molecule has 0 heterocycles. The lowest BCUT2D eigenvalue weighted by Gasteiger charge is -2.10. The van der Waals surface area contributed by atoms with Gasteiger partial charge in [0.15, 0.2) is 0 Å². The number of rotatable bonds is 7. The molecule has 3 nitrogen and oxygen atoms in total. The summed E-state index contributed by atoms with van der Waals surface area (Å²) < 4.78 is 5.57. The Labute approximate surface area is 120 Å². The van der Waals surface area contributed by atoms with Crippen LogP contribution in [0.2, 0.25) is 0 Å². The first-order valence-corrected chi connectivity index (χ1v) is 6.32. The van der Waals surface area contributed by atoms with Crippen LogP contribution in [0.15, 0.2) is 83.4 Å². The Morgan fingerprint density at radius 1 is 1.35 bits per heavy atom. The van der Waals surface area contributed by atoms with Gasteiger partial charge in [-0.1, -0.05) is 61.2 Å². The number of benzene rings is 1. The Morgan fingerprint density at radius 3 is 2.60 bits per heavy atom. The molecule has 0 aliphatic heterocycles. The monoisotopic (exact) mass is 268 g/mol. The van der Waals surface area contributed by atoms with E-state index < -0.39 is 0 Å². The maximum absolute atomic E-state index is 5.95. The van der Waals surface area contributed by atoms with Gasteiger partial charge in [0, 0.05) is 5.57 Å². The molecule has 0 saturated heterocycles. The van der Waals surface area contributed by atoms with Gasteiger partial charge in [0.2, 0.25) is 5.88 Å². The number of nitrogens with zero attached hydrogens (tertiary/aromatic N) is 1. The molecule has 0 fully saturated rings. The number of ether oxygens (including phenoxy) is 1. The second-order valence-electron chi connectivity index (χ2n) is 3.98. The van der Waals surface area contributed by atoms with E-state index in [0.717, 1.165) is 11.1 Å². The Morgan fingerprint density at radius 2 is 2.05 bits per heavy atom. The van der Waals surface area contributed by atoms with Crippen LogP contribution in [0, 0.1) is 0 Å². The van der Waals surface area contributed by atoms with Gasteiger partial charge in [-0.3, -0.25) is 4.99 Å². The van der Waals surface area contributed by atoms with Crippen molar-refractivity contribution in [3.05, 3.63) is 83.9 Å². The van der Waals surface area contributed by atoms with Gasteiger partial charge in [0.05, 0.1) is 0 Å². The van der Waals surface area contributed by atoms with Gasteiger partial charge in [0.25, 0.3) is 0 Å². The first kappa shape index (κ1) is 15.5. The molecule has 0 unspecified atom stereocenters. The van der Waals surface area contributed by atoms with E-state index >= 15 is 0 Å². The number of nitrogens with two attached hydrogens (primary N) is 1. The molecule has 0 atom stereocenters. The fourth-order valence-corrected chi connectivity index (χ4v) is 1.60. The van der Waals surface area contributed by atoms with E-state index in [-0.39, 0.29) is 5.88 Å². The Kier molecular flexibility index (Phi) is 6.62. The van der Waals surface area contributed by atoms with E-state index in [2.05, 4.69) is 18.3 Å². The van der Waals surface area contributed by atoms with Gasteiger partial charge in [-0.05, 0) is 19.2 Å². The van der Waals surface area contributed by atoms with Crippen LogP contribution in [0.4, 0.5) is 0 Å². The molecule has 104 valence electrons. The summed E-state index contributed by atoms with van der Waals surface area (Å²) in [4.78, 5) is 3.95. The fourth-order valence-electron chi connectivity index (χ4n) is 1.60. The lowest BCUT2D eigenvalue weighted by molar-refractivity contribution is 0.193. The van der Waals surface area contributed by atoms with Gasteiger partial charge in [0.1, 0.15) is 12.3 Å². The van der Waals surface area contributed by atoms with Crippen molar-refractivity contribution >= 4 is 6.72 Å². The van der Waals surface area contributed by atoms with Crippen molar-refractivity contribution < 1.29 is 4.74 Å². The summed E-state index contributed by atoms with van der Waals surface area (Å²) in [6, 6.07) is 9.81. The molecule has 0 spiro atoms. The molecule has 0 aromatic heterocycles. The van der Waals surface area contributed by atoms with Crippen LogP contribution in [0.25, 0.3) is 0 Å². The summed E-state index contributed by atoms with van der Waals surface area (Å²) in [6.07, 6.45) is 7.24. The third-order valence-electron chi connectivity index (χ3n) is 2.62. The van der Waals surface area contributed by atoms with Crippen LogP contribution in [-0.4, -0.2) is 6.72 Å². The molecule has 1 rings (SSSR count). The molecule has 0 bridgehead atoms. The van der Waals surface area contributed by atoms with E-state index in [1.807, 2.05) is 55.5 Å². The predicted octanol–water partition coefficient (Wildman–Crippen LogP) is 3.72. The standard InChI is InChI=1S/C17H20N2O/c1-4-6-12-15(5-2)16(19-3)17(18)20-13-14-10-8-7-9-11-14/h4-12H,1,3,13,18H2,2H3/b12-6-,15-5+,17-16-. The third-order valence-corrected chi connectivity index (χ3v) is 2.62. The van der Waals surface area contributed by atoms with Gasteiger partial charge in [-0.15, -0.1) is 0 Å². The van der Waals surface area contributed by atoms with Crippen molar-refractivity contribution in [2.24, 2.45) is 10.7 Å². The van der Waals surface area contributed by atoms with E-state index in [1.165, 1.54) is 0 Å². The number of hydrogen-bond donors (Lipinski definition) is 1. The van der Waals surface area contributed by atoms with Gasteiger partial charge in [-0.25, -0.2) is 0 Å². The summed E-state index contributed by atoms with van der Waals surface area (Å²) in [5.74, 6) is 0.255. The highest BCUT2D eigenvalue weighted by molar-refractivity contribution is 5.45. The van der Waals surface area contributed by atoms with E-state index in [4.69, 9.17) is 10.5 Å². The Bertz CT molecular complexity index is 539. The lowest BCUT2D eigenvalue weighted by Crippen LogP contribution is -2.07. The molecule has 3 heteroatoms. The highest BCUT2D eigenvalue weighted by atomic mass is 16.5. The smallest absolute Gasteiger partial charge is 0.211 e. The molecule has 1 aromatic rings. The van der Waals surface area contributed by atoms with Crippen molar-refractivity contribution in [1.82, 2.24) is 0 Å². The second kappa shape index (κ2) is 8.53. The molecule has 0 aliphatic rings. The highest BCUT2D eigenvalue weighted by Crippen LogP contribution is 2.17. The third kappa shape index (κ3) is 4.61. The summed E-state index contributed by atoms with van der Waals surface area (Å²) in [6.45, 7) is 9.48. The van der Waals surface area contributed by atoms with Crippen molar-refractivity contribution in [2.45, 2.75) is 13.5 Å². The van der Waals surface area contributed by atoms with E-state index in [1.54, 1.807) is 6.08 Å².